The maximum absolute atomic E-state index is 11.9. The molecule has 0 fully saturated rings. The third-order valence-electron chi connectivity index (χ3n) is 4.03. The number of benzene rings is 1. The Hall–Kier alpha value is -2.61. The highest BCUT2D eigenvalue weighted by Crippen LogP contribution is 2.15. The van der Waals surface area contributed by atoms with Crippen molar-refractivity contribution in [3.63, 3.8) is 0 Å². The van der Waals surface area contributed by atoms with E-state index in [9.17, 15) is 19.5 Å². The molecule has 0 aliphatic rings. The Bertz CT molecular complexity index is 695. The first kappa shape index (κ1) is 26.4. The Labute approximate surface area is 184 Å². The van der Waals surface area contributed by atoms with Gasteiger partial charge in [-0.2, -0.15) is 0 Å². The predicted molar refractivity (Wildman–Crippen MR) is 116 cm³/mol. The Morgan fingerprint density at radius 2 is 1.71 bits per heavy atom. The van der Waals surface area contributed by atoms with Gasteiger partial charge in [-0.25, -0.2) is 4.79 Å². The molecule has 0 aromatic heterocycles. The average molecular weight is 438 g/mol. The van der Waals surface area contributed by atoms with Gasteiger partial charge in [-0.1, -0.05) is 19.1 Å². The van der Waals surface area contributed by atoms with Gasteiger partial charge in [0.25, 0.3) is 0 Å². The molecule has 1 aromatic carbocycles. The molecule has 174 valence electrons. The fourth-order valence-corrected chi connectivity index (χ4v) is 2.63. The fraction of sp³-hybridized carbons (Fsp3) is 0.609. The smallest absolute Gasteiger partial charge is 0.326 e. The van der Waals surface area contributed by atoms with Crippen molar-refractivity contribution in [2.24, 2.45) is 0 Å². The van der Waals surface area contributed by atoms with Gasteiger partial charge in [0.05, 0.1) is 13.2 Å². The molecule has 0 radical (unpaired) electrons. The van der Waals surface area contributed by atoms with Crippen LogP contribution < -0.4 is 10.1 Å². The quantitative estimate of drug-likeness (QED) is 0.340. The van der Waals surface area contributed by atoms with Crippen LogP contribution in [0.3, 0.4) is 0 Å². The Morgan fingerprint density at radius 3 is 2.29 bits per heavy atom. The molecular formula is C23H35NO7. The van der Waals surface area contributed by atoms with Crippen LogP contribution in [0.5, 0.6) is 5.75 Å². The number of aliphatic carboxylic acids is 1. The molecule has 2 N–H and O–H groups in total. The van der Waals surface area contributed by atoms with Gasteiger partial charge < -0.3 is 24.6 Å². The van der Waals surface area contributed by atoms with Gasteiger partial charge in [0.1, 0.15) is 17.4 Å². The minimum Gasteiger partial charge on any atom is -0.494 e. The molecular weight excluding hydrogens is 402 g/mol. The first-order valence-electron chi connectivity index (χ1n) is 10.6. The number of nitrogens with one attached hydrogen (secondary N) is 1. The zero-order valence-electron chi connectivity index (χ0n) is 18.9. The van der Waals surface area contributed by atoms with Crippen molar-refractivity contribution in [2.75, 3.05) is 19.8 Å². The number of hydrogen-bond acceptors (Lipinski definition) is 6. The van der Waals surface area contributed by atoms with Gasteiger partial charge in [-0.05, 0) is 51.3 Å². The minimum absolute atomic E-state index is 0.125. The lowest BCUT2D eigenvalue weighted by Crippen LogP contribution is -2.42. The van der Waals surface area contributed by atoms with Gasteiger partial charge in [0.2, 0.25) is 5.91 Å². The van der Waals surface area contributed by atoms with Gasteiger partial charge in [-0.15, -0.1) is 0 Å². The van der Waals surface area contributed by atoms with E-state index in [1.165, 1.54) is 0 Å². The summed E-state index contributed by atoms with van der Waals surface area (Å²) in [4.78, 5) is 35.1. The van der Waals surface area contributed by atoms with Crippen LogP contribution in [0.4, 0.5) is 0 Å². The molecule has 8 nitrogen and oxygen atoms in total. The molecule has 0 saturated heterocycles. The summed E-state index contributed by atoms with van der Waals surface area (Å²) < 4.78 is 16.1. The summed E-state index contributed by atoms with van der Waals surface area (Å²) in [6.07, 6.45) is 1.96. The number of rotatable bonds is 14. The molecule has 1 atom stereocenters. The largest absolute Gasteiger partial charge is 0.494 e. The Kier molecular flexibility index (Phi) is 11.6. The summed E-state index contributed by atoms with van der Waals surface area (Å²) in [5.74, 6) is -1.08. The van der Waals surface area contributed by atoms with Crippen molar-refractivity contribution < 1.29 is 33.7 Å². The van der Waals surface area contributed by atoms with Crippen molar-refractivity contribution in [1.29, 1.82) is 0 Å². The topological polar surface area (TPSA) is 111 Å². The van der Waals surface area contributed by atoms with Gasteiger partial charge >= 0.3 is 11.9 Å². The molecule has 31 heavy (non-hydrogen) atoms. The van der Waals surface area contributed by atoms with E-state index in [0.717, 1.165) is 12.0 Å². The van der Waals surface area contributed by atoms with Crippen molar-refractivity contribution in [3.05, 3.63) is 29.8 Å². The standard InChI is InChI=1S/C23H35NO7/c1-5-13-29-15-12-20(25)24-19(22(27)28)16-17-8-10-18(11-9-17)30-14-6-7-21(26)31-23(2,3)4/h8-11,19H,5-7,12-16H2,1-4H3,(H,24,25)(H,27,28)/t19-/m0/s1. The molecule has 0 aliphatic carbocycles. The van der Waals surface area contributed by atoms with E-state index < -0.39 is 17.6 Å². The lowest BCUT2D eigenvalue weighted by atomic mass is 10.1. The van der Waals surface area contributed by atoms with Crippen molar-refractivity contribution in [3.8, 4) is 5.75 Å². The zero-order valence-corrected chi connectivity index (χ0v) is 18.9. The van der Waals surface area contributed by atoms with Crippen LogP contribution in [0.15, 0.2) is 24.3 Å². The summed E-state index contributed by atoms with van der Waals surface area (Å²) in [5, 5.41) is 11.9. The minimum atomic E-state index is -1.09. The highest BCUT2D eigenvalue weighted by Gasteiger charge is 2.20. The van der Waals surface area contributed by atoms with Crippen LogP contribution in [0, 0.1) is 0 Å². The number of amides is 1. The number of ether oxygens (including phenoxy) is 3. The van der Waals surface area contributed by atoms with Crippen LogP contribution in [0.25, 0.3) is 0 Å². The lowest BCUT2D eigenvalue weighted by Gasteiger charge is -2.19. The second-order valence-electron chi connectivity index (χ2n) is 8.21. The normalized spacial score (nSPS) is 12.1. The number of carboxylic acid groups (broad SMARTS) is 1. The lowest BCUT2D eigenvalue weighted by molar-refractivity contribution is -0.155. The van der Waals surface area contributed by atoms with E-state index in [1.807, 2.05) is 27.7 Å². The molecule has 0 heterocycles. The van der Waals surface area contributed by atoms with E-state index in [1.54, 1.807) is 24.3 Å². The molecule has 1 rings (SSSR count). The van der Waals surface area contributed by atoms with Crippen LogP contribution >= 0.6 is 0 Å². The summed E-state index contributed by atoms with van der Waals surface area (Å²) in [5.41, 5.74) is 0.264. The molecule has 0 aliphatic heterocycles. The SMILES string of the molecule is CCCOCCC(=O)N[C@@H](Cc1ccc(OCCCC(=O)OC(C)(C)C)cc1)C(=O)O. The van der Waals surface area contributed by atoms with E-state index in [-0.39, 0.29) is 37.7 Å². The molecule has 8 heteroatoms. The summed E-state index contributed by atoms with van der Waals surface area (Å²) in [7, 11) is 0. The fourth-order valence-electron chi connectivity index (χ4n) is 2.63. The molecule has 1 aromatic rings. The van der Waals surface area contributed by atoms with Crippen LogP contribution in [-0.2, 0) is 30.3 Å². The van der Waals surface area contributed by atoms with Gasteiger partial charge in [0, 0.05) is 25.9 Å². The summed E-state index contributed by atoms with van der Waals surface area (Å²) in [6.45, 7) is 8.66. The highest BCUT2D eigenvalue weighted by molar-refractivity contribution is 5.83. The number of hydrogen-bond donors (Lipinski definition) is 2. The third kappa shape index (κ3) is 12.6. The highest BCUT2D eigenvalue weighted by atomic mass is 16.6. The second-order valence-corrected chi connectivity index (χ2v) is 8.21. The zero-order chi connectivity index (χ0) is 23.3. The number of carbonyl (C=O) groups excluding carboxylic acids is 2. The molecule has 0 unspecified atom stereocenters. The average Bonchev–Trinajstić information content (AvgIpc) is 2.68. The van der Waals surface area contributed by atoms with Crippen LogP contribution in [0.2, 0.25) is 0 Å². The van der Waals surface area contributed by atoms with E-state index in [2.05, 4.69) is 5.32 Å². The number of carboxylic acids is 1. The first-order valence-corrected chi connectivity index (χ1v) is 10.6. The van der Waals surface area contributed by atoms with Crippen molar-refractivity contribution in [1.82, 2.24) is 5.32 Å². The molecule has 0 saturated carbocycles. The summed E-state index contributed by atoms with van der Waals surface area (Å²) >= 11 is 0. The van der Waals surface area contributed by atoms with E-state index in [0.29, 0.717) is 25.4 Å². The molecule has 0 spiro atoms. The maximum atomic E-state index is 11.9. The third-order valence-corrected chi connectivity index (χ3v) is 4.03. The predicted octanol–water partition coefficient (Wildman–Crippen LogP) is 3.12. The summed E-state index contributed by atoms with van der Waals surface area (Å²) in [6, 6.07) is 5.98. The molecule has 0 bridgehead atoms. The first-order chi connectivity index (χ1) is 14.6. The van der Waals surface area contributed by atoms with Gasteiger partial charge in [0.15, 0.2) is 0 Å². The number of esters is 1. The van der Waals surface area contributed by atoms with Crippen LogP contribution in [-0.4, -0.2) is 54.4 Å². The van der Waals surface area contributed by atoms with Crippen LogP contribution in [0.1, 0.15) is 58.9 Å². The second kappa shape index (κ2) is 13.6. The van der Waals surface area contributed by atoms with E-state index >= 15 is 0 Å². The van der Waals surface area contributed by atoms with Gasteiger partial charge in [-0.3, -0.25) is 9.59 Å². The monoisotopic (exact) mass is 437 g/mol. The van der Waals surface area contributed by atoms with E-state index in [4.69, 9.17) is 14.2 Å². The number of carbonyl (C=O) groups is 3. The molecule has 1 amide bonds. The van der Waals surface area contributed by atoms with Crippen molar-refractivity contribution in [2.45, 2.75) is 71.4 Å². The Balaban J connectivity index is 2.42. The Morgan fingerprint density at radius 1 is 1.03 bits per heavy atom. The van der Waals surface area contributed by atoms with Crippen molar-refractivity contribution >= 4 is 17.8 Å². The maximum Gasteiger partial charge on any atom is 0.326 e.